The lowest BCUT2D eigenvalue weighted by Gasteiger charge is -2.31. The van der Waals surface area contributed by atoms with Gasteiger partial charge in [-0.3, -0.25) is 9.59 Å². The van der Waals surface area contributed by atoms with E-state index in [-0.39, 0.29) is 5.91 Å². The van der Waals surface area contributed by atoms with Gasteiger partial charge in [-0.05, 0) is 78.4 Å². The highest BCUT2D eigenvalue weighted by Crippen LogP contribution is 2.32. The maximum absolute atomic E-state index is 14.0. The number of tetrazole rings is 1. The first kappa shape index (κ1) is 30.0. The largest absolute Gasteiger partial charge is 0.394 e. The van der Waals surface area contributed by atoms with E-state index in [9.17, 15) is 19.8 Å². The molecule has 5 rings (SSSR count). The van der Waals surface area contributed by atoms with Crippen LogP contribution in [0.2, 0.25) is 0 Å². The zero-order chi connectivity index (χ0) is 30.4. The van der Waals surface area contributed by atoms with Gasteiger partial charge in [0.1, 0.15) is 11.6 Å². The maximum atomic E-state index is 14.0. The second-order valence-electron chi connectivity index (χ2n) is 11.2. The lowest BCUT2D eigenvalue weighted by molar-refractivity contribution is -0.133. The second kappa shape index (κ2) is 13.2. The van der Waals surface area contributed by atoms with Gasteiger partial charge < -0.3 is 25.7 Å². The number of aliphatic hydroxyl groups is 2. The van der Waals surface area contributed by atoms with Gasteiger partial charge in [0.25, 0.3) is 0 Å². The minimum Gasteiger partial charge on any atom is -0.394 e. The summed E-state index contributed by atoms with van der Waals surface area (Å²) >= 11 is 0. The fourth-order valence-electron chi connectivity index (χ4n) is 5.28. The Morgan fingerprint density at radius 2 is 1.81 bits per heavy atom. The predicted octanol–water partition coefficient (Wildman–Crippen LogP) is 2.61. The van der Waals surface area contributed by atoms with Gasteiger partial charge in [-0.2, -0.15) is 0 Å². The Bertz CT molecular complexity index is 1540. The summed E-state index contributed by atoms with van der Waals surface area (Å²) in [6, 6.07) is 22.9. The Balaban J connectivity index is 1.37. The number of aliphatic hydroxyl groups excluding tert-OH is 2. The molecule has 3 aromatic carbocycles. The lowest BCUT2D eigenvalue weighted by atomic mass is 9.98. The number of fused-ring (bicyclic) bond motifs is 1. The Labute approximate surface area is 250 Å². The molecule has 2 amide bonds. The molecule has 0 spiro atoms. The first-order valence-corrected chi connectivity index (χ1v) is 14.5. The van der Waals surface area contributed by atoms with Crippen LogP contribution < -0.4 is 15.5 Å². The summed E-state index contributed by atoms with van der Waals surface area (Å²) < 4.78 is 0. The molecule has 0 saturated heterocycles. The number of nitrogens with zero attached hydrogens (tertiary/aromatic N) is 4. The molecule has 0 bridgehead atoms. The number of aromatic nitrogens is 4. The minimum atomic E-state index is -1.30. The van der Waals surface area contributed by atoms with Crippen molar-refractivity contribution in [3.05, 3.63) is 83.9 Å². The number of amides is 2. The zero-order valence-electron chi connectivity index (χ0n) is 24.3. The summed E-state index contributed by atoms with van der Waals surface area (Å²) in [7, 11) is 0. The monoisotopic (exact) mass is 583 g/mol. The molecule has 0 fully saturated rings. The number of rotatable bonds is 11. The number of hydrogen-bond donors (Lipinski definition) is 5. The quantitative estimate of drug-likeness (QED) is 0.180. The van der Waals surface area contributed by atoms with Crippen molar-refractivity contribution in [2.75, 3.05) is 18.1 Å². The minimum absolute atomic E-state index is 0.213. The summed E-state index contributed by atoms with van der Waals surface area (Å²) in [6.45, 7) is 3.47. The van der Waals surface area contributed by atoms with Crippen molar-refractivity contribution >= 4 is 17.5 Å². The van der Waals surface area contributed by atoms with E-state index in [0.717, 1.165) is 33.5 Å². The van der Waals surface area contributed by atoms with Crippen LogP contribution in [-0.4, -0.2) is 73.5 Å². The molecule has 43 heavy (non-hydrogen) atoms. The van der Waals surface area contributed by atoms with E-state index in [0.29, 0.717) is 38.2 Å². The lowest BCUT2D eigenvalue weighted by Crippen LogP contribution is -2.61. The Hall–Kier alpha value is -4.45. The van der Waals surface area contributed by atoms with Crippen molar-refractivity contribution < 1.29 is 19.8 Å². The van der Waals surface area contributed by atoms with Crippen molar-refractivity contribution in [2.45, 2.75) is 57.3 Å². The number of H-pyrrole nitrogens is 1. The smallest absolute Gasteiger partial charge is 0.249 e. The van der Waals surface area contributed by atoms with Crippen LogP contribution >= 0.6 is 0 Å². The van der Waals surface area contributed by atoms with Gasteiger partial charge in [0.05, 0.1) is 19.3 Å². The molecule has 4 aromatic rings. The van der Waals surface area contributed by atoms with Gasteiger partial charge in [0.15, 0.2) is 5.82 Å². The highest BCUT2D eigenvalue weighted by Gasteiger charge is 2.37. The van der Waals surface area contributed by atoms with E-state index in [1.807, 2.05) is 72.8 Å². The molecule has 0 radical (unpaired) electrons. The van der Waals surface area contributed by atoms with Crippen molar-refractivity contribution in [1.29, 1.82) is 0 Å². The van der Waals surface area contributed by atoms with Crippen molar-refractivity contribution in [3.63, 3.8) is 0 Å². The van der Waals surface area contributed by atoms with Gasteiger partial charge in [-0.15, -0.1) is 5.10 Å². The van der Waals surface area contributed by atoms with Crippen molar-refractivity contribution in [2.24, 2.45) is 0 Å². The number of carbonyl (C=O) groups is 2. The molecular weight excluding hydrogens is 546 g/mol. The molecule has 5 N–H and O–H groups in total. The molecule has 1 aliphatic heterocycles. The molecule has 224 valence electrons. The molecule has 11 heteroatoms. The van der Waals surface area contributed by atoms with Crippen molar-refractivity contribution in [1.82, 2.24) is 31.3 Å². The highest BCUT2D eigenvalue weighted by molar-refractivity contribution is 6.01. The van der Waals surface area contributed by atoms with E-state index in [1.165, 1.54) is 0 Å². The summed E-state index contributed by atoms with van der Waals surface area (Å²) in [5, 5.41) is 39.8. The van der Waals surface area contributed by atoms with E-state index >= 15 is 0 Å². The maximum Gasteiger partial charge on any atom is 0.249 e. The van der Waals surface area contributed by atoms with Gasteiger partial charge in [0.2, 0.25) is 11.8 Å². The molecule has 1 aromatic heterocycles. The third-order valence-electron chi connectivity index (χ3n) is 7.88. The molecule has 2 heterocycles. The second-order valence-corrected chi connectivity index (χ2v) is 11.2. The van der Waals surface area contributed by atoms with E-state index in [1.54, 1.807) is 18.7 Å². The Morgan fingerprint density at radius 1 is 1.09 bits per heavy atom. The van der Waals surface area contributed by atoms with E-state index < -0.39 is 30.2 Å². The zero-order valence-corrected chi connectivity index (χ0v) is 24.3. The van der Waals surface area contributed by atoms with Gasteiger partial charge in [0, 0.05) is 11.3 Å². The Morgan fingerprint density at radius 3 is 2.51 bits per heavy atom. The molecule has 1 aliphatic rings. The summed E-state index contributed by atoms with van der Waals surface area (Å²) in [6.07, 6.45) is 0.930. The van der Waals surface area contributed by atoms with Crippen LogP contribution in [0.15, 0.2) is 72.8 Å². The number of para-hydroxylation sites is 1. The normalized spacial score (nSPS) is 17.1. The van der Waals surface area contributed by atoms with Crippen LogP contribution in [0.3, 0.4) is 0 Å². The number of aryl methyl sites for hydroxylation is 1. The molecular formula is C32H37N7O4. The number of nitrogens with one attached hydrogen (secondary N) is 3. The highest BCUT2D eigenvalue weighted by atomic mass is 16.3. The average molecular weight is 584 g/mol. The molecule has 3 atom stereocenters. The van der Waals surface area contributed by atoms with Crippen LogP contribution in [0.5, 0.6) is 0 Å². The average Bonchev–Trinajstić information content (AvgIpc) is 3.53. The van der Waals surface area contributed by atoms with E-state index in [2.05, 4.69) is 31.3 Å². The third kappa shape index (κ3) is 6.80. The number of anilines is 1. The summed E-state index contributed by atoms with van der Waals surface area (Å²) in [5.74, 6) is -0.0976. The first-order valence-electron chi connectivity index (χ1n) is 14.5. The topological polar surface area (TPSA) is 156 Å². The van der Waals surface area contributed by atoms with Crippen LogP contribution in [0, 0.1) is 0 Å². The fourth-order valence-corrected chi connectivity index (χ4v) is 5.28. The predicted molar refractivity (Wildman–Crippen MR) is 163 cm³/mol. The SMILES string of the molecule is CC(O)CCNC(C)(CO)C(=O)N[C@@H]1CCc2ccccc2N(Cc2ccc(-c3ccccc3-c3nnn[nH]3)cc2)C1=O. The first-order chi connectivity index (χ1) is 20.8. The fraction of sp³-hybridized carbons (Fsp3) is 0.344. The van der Waals surface area contributed by atoms with Gasteiger partial charge in [-0.1, -0.05) is 66.7 Å². The van der Waals surface area contributed by atoms with Crippen LogP contribution in [0.25, 0.3) is 22.5 Å². The number of hydrogen-bond acceptors (Lipinski definition) is 8. The Kier molecular flexibility index (Phi) is 9.24. The molecule has 0 aliphatic carbocycles. The number of carbonyl (C=O) groups excluding carboxylic acids is 2. The summed E-state index contributed by atoms with van der Waals surface area (Å²) in [4.78, 5) is 29.1. The molecule has 0 saturated carbocycles. The number of benzene rings is 3. The van der Waals surface area contributed by atoms with Crippen LogP contribution in [0.4, 0.5) is 5.69 Å². The van der Waals surface area contributed by atoms with Crippen LogP contribution in [-0.2, 0) is 22.6 Å². The third-order valence-corrected chi connectivity index (χ3v) is 7.88. The van der Waals surface area contributed by atoms with Crippen LogP contribution in [0.1, 0.15) is 37.8 Å². The molecule has 11 nitrogen and oxygen atoms in total. The standard InChI is InChI=1S/C32H37N7O4/c1-21(41)17-18-33-32(2,20-40)31(43)34-27-16-15-24-7-3-6-10-28(24)39(30(27)42)19-22-11-13-23(14-12-22)25-8-4-5-9-26(25)29-35-37-38-36-29/h3-14,21,27,33,40-41H,15-20H2,1-2H3,(H,34,43)(H,35,36,37,38)/t21?,27-,32?/m1/s1. The summed E-state index contributed by atoms with van der Waals surface area (Å²) in [5.41, 5.74) is 4.31. The van der Waals surface area contributed by atoms with Crippen molar-refractivity contribution in [3.8, 4) is 22.5 Å². The van der Waals surface area contributed by atoms with Gasteiger partial charge >= 0.3 is 0 Å². The number of aromatic amines is 1. The van der Waals surface area contributed by atoms with Gasteiger partial charge in [-0.25, -0.2) is 5.10 Å². The van der Waals surface area contributed by atoms with E-state index in [4.69, 9.17) is 0 Å². The molecule has 2 unspecified atom stereocenters.